The quantitative estimate of drug-likeness (QED) is 0.697. The van der Waals surface area contributed by atoms with Gasteiger partial charge in [-0.1, -0.05) is 55.5 Å². The van der Waals surface area contributed by atoms with Crippen LogP contribution in [-0.2, 0) is 14.3 Å². The monoisotopic (exact) mass is 450 g/mol. The average molecular weight is 451 g/mol. The van der Waals surface area contributed by atoms with Gasteiger partial charge < -0.3 is 20.1 Å². The van der Waals surface area contributed by atoms with Crippen LogP contribution >= 0.6 is 0 Å². The Morgan fingerprint density at radius 2 is 1.70 bits per heavy atom. The third kappa shape index (κ3) is 4.58. The number of likely N-dealkylation sites (tertiary alicyclic amines) is 1. The summed E-state index contributed by atoms with van der Waals surface area (Å²) in [6.07, 6.45) is 0.679. The Labute approximate surface area is 193 Å². The maximum atomic E-state index is 12.9. The fraction of sp³-hybridized carbons (Fsp3) is 0.423. The molecule has 0 saturated carbocycles. The summed E-state index contributed by atoms with van der Waals surface area (Å²) in [6, 6.07) is 15.9. The van der Waals surface area contributed by atoms with Gasteiger partial charge in [0.2, 0.25) is 5.91 Å². The topological polar surface area (TPSA) is 95.9 Å². The first-order valence-electron chi connectivity index (χ1n) is 11.5. The Kier molecular flexibility index (Phi) is 6.67. The number of hydrogen-bond donors (Lipinski definition) is 2. The van der Waals surface area contributed by atoms with Crippen LogP contribution in [0.3, 0.4) is 0 Å². The highest BCUT2D eigenvalue weighted by Gasteiger charge is 2.36. The standard InChI is InChI=1S/C26H30N2O5/c1-16(24(29)28-13-7-12-18(17(28)2)25(30)31)14-27-26(32)33-15-23-21-10-5-3-8-19(21)20-9-4-6-11-22(20)23/h3-6,8-11,16-18,23H,7,12-15H2,1-2H3,(H,27,32)(H,30,31)/t16?,17-,18-/m1/s1. The summed E-state index contributed by atoms with van der Waals surface area (Å²) in [5.41, 5.74) is 4.61. The Morgan fingerprint density at radius 3 is 2.30 bits per heavy atom. The number of carboxylic acids is 1. The number of alkyl carbamates (subject to hydrolysis) is 1. The van der Waals surface area contributed by atoms with E-state index < -0.39 is 23.9 Å². The molecule has 33 heavy (non-hydrogen) atoms. The Balaban J connectivity index is 1.31. The molecule has 2 aliphatic rings. The van der Waals surface area contributed by atoms with Gasteiger partial charge in [0.05, 0.1) is 11.8 Å². The first kappa shape index (κ1) is 22.8. The number of carbonyl (C=O) groups is 3. The van der Waals surface area contributed by atoms with Crippen molar-refractivity contribution in [2.24, 2.45) is 11.8 Å². The van der Waals surface area contributed by atoms with Gasteiger partial charge in [-0.25, -0.2) is 4.79 Å². The van der Waals surface area contributed by atoms with E-state index in [1.54, 1.807) is 18.7 Å². The van der Waals surface area contributed by atoms with Crippen LogP contribution in [0.1, 0.15) is 43.7 Å². The fourth-order valence-corrected chi connectivity index (χ4v) is 5.04. The second-order valence-corrected chi connectivity index (χ2v) is 8.97. The van der Waals surface area contributed by atoms with Crippen LogP contribution in [0.5, 0.6) is 0 Å². The van der Waals surface area contributed by atoms with Crippen LogP contribution in [-0.4, -0.2) is 53.7 Å². The van der Waals surface area contributed by atoms with Gasteiger partial charge in [-0.2, -0.15) is 0 Å². The molecular weight excluding hydrogens is 420 g/mol. The van der Waals surface area contributed by atoms with E-state index in [9.17, 15) is 19.5 Å². The van der Waals surface area contributed by atoms with E-state index in [1.807, 2.05) is 24.3 Å². The first-order chi connectivity index (χ1) is 15.9. The van der Waals surface area contributed by atoms with Gasteiger partial charge in [0.15, 0.2) is 0 Å². The third-order valence-electron chi connectivity index (χ3n) is 6.91. The molecule has 0 radical (unpaired) electrons. The van der Waals surface area contributed by atoms with Crippen LogP contribution in [0.4, 0.5) is 4.79 Å². The van der Waals surface area contributed by atoms with Crippen molar-refractivity contribution in [3.05, 3.63) is 59.7 Å². The summed E-state index contributed by atoms with van der Waals surface area (Å²) in [4.78, 5) is 38.3. The largest absolute Gasteiger partial charge is 0.481 e. The zero-order valence-corrected chi connectivity index (χ0v) is 19.0. The number of carbonyl (C=O) groups excluding carboxylic acids is 2. The highest BCUT2D eigenvalue weighted by Crippen LogP contribution is 2.44. The Hall–Kier alpha value is -3.35. The van der Waals surface area contributed by atoms with E-state index in [4.69, 9.17) is 4.74 Å². The van der Waals surface area contributed by atoms with Crippen molar-refractivity contribution in [3.8, 4) is 11.1 Å². The molecule has 2 amide bonds. The summed E-state index contributed by atoms with van der Waals surface area (Å²) in [5.74, 6) is -2.06. The number of ether oxygens (including phenoxy) is 1. The third-order valence-corrected chi connectivity index (χ3v) is 6.91. The van der Waals surface area contributed by atoms with Gasteiger partial charge in [-0.15, -0.1) is 0 Å². The van der Waals surface area contributed by atoms with E-state index in [-0.39, 0.29) is 31.0 Å². The molecule has 1 heterocycles. The van der Waals surface area contributed by atoms with Crippen LogP contribution in [0, 0.1) is 11.8 Å². The zero-order valence-electron chi connectivity index (χ0n) is 19.0. The number of fused-ring (bicyclic) bond motifs is 3. The van der Waals surface area contributed by atoms with Gasteiger partial charge in [-0.05, 0) is 42.0 Å². The molecular formula is C26H30N2O5. The Morgan fingerprint density at radius 1 is 1.09 bits per heavy atom. The lowest BCUT2D eigenvalue weighted by atomic mass is 9.89. The fourth-order valence-electron chi connectivity index (χ4n) is 5.04. The smallest absolute Gasteiger partial charge is 0.407 e. The van der Waals surface area contributed by atoms with Crippen molar-refractivity contribution < 1.29 is 24.2 Å². The van der Waals surface area contributed by atoms with E-state index in [1.165, 1.54) is 0 Å². The molecule has 2 aromatic rings. The number of benzene rings is 2. The summed E-state index contributed by atoms with van der Waals surface area (Å²) in [6.45, 7) is 4.41. The van der Waals surface area contributed by atoms with Crippen LogP contribution < -0.4 is 5.32 Å². The average Bonchev–Trinajstić information content (AvgIpc) is 3.14. The molecule has 1 unspecified atom stereocenters. The lowest BCUT2D eigenvalue weighted by Gasteiger charge is -2.38. The molecule has 7 heteroatoms. The van der Waals surface area contributed by atoms with Crippen molar-refractivity contribution in [2.75, 3.05) is 19.7 Å². The van der Waals surface area contributed by atoms with Crippen LogP contribution in [0.2, 0.25) is 0 Å². The number of amides is 2. The lowest BCUT2D eigenvalue weighted by Crippen LogP contribution is -2.52. The van der Waals surface area contributed by atoms with Gasteiger partial charge in [0.1, 0.15) is 6.61 Å². The molecule has 3 atom stereocenters. The zero-order chi connectivity index (χ0) is 23.5. The number of rotatable bonds is 6. The Bertz CT molecular complexity index is 1010. The molecule has 2 N–H and O–H groups in total. The summed E-state index contributed by atoms with van der Waals surface area (Å²) in [7, 11) is 0. The molecule has 1 saturated heterocycles. The normalized spacial score (nSPS) is 20.5. The number of nitrogens with one attached hydrogen (secondary N) is 1. The highest BCUT2D eigenvalue weighted by atomic mass is 16.5. The number of hydrogen-bond acceptors (Lipinski definition) is 4. The summed E-state index contributed by atoms with van der Waals surface area (Å²) < 4.78 is 5.53. The van der Waals surface area contributed by atoms with Crippen molar-refractivity contribution in [1.29, 1.82) is 0 Å². The second-order valence-electron chi connectivity index (χ2n) is 8.97. The van der Waals surface area contributed by atoms with Gasteiger partial charge >= 0.3 is 12.1 Å². The minimum atomic E-state index is -0.871. The summed E-state index contributed by atoms with van der Waals surface area (Å²) in [5, 5.41) is 12.1. The highest BCUT2D eigenvalue weighted by molar-refractivity contribution is 5.81. The van der Waals surface area contributed by atoms with E-state index in [0.29, 0.717) is 19.4 Å². The number of carboxylic acid groups (broad SMARTS) is 1. The predicted molar refractivity (Wildman–Crippen MR) is 124 cm³/mol. The molecule has 174 valence electrons. The molecule has 1 aliphatic heterocycles. The van der Waals surface area contributed by atoms with Crippen molar-refractivity contribution in [3.63, 3.8) is 0 Å². The lowest BCUT2D eigenvalue weighted by molar-refractivity contribution is -0.150. The molecule has 1 aliphatic carbocycles. The first-order valence-corrected chi connectivity index (χ1v) is 11.5. The van der Waals surface area contributed by atoms with Crippen molar-refractivity contribution >= 4 is 18.0 Å². The van der Waals surface area contributed by atoms with E-state index in [2.05, 4.69) is 29.6 Å². The molecule has 0 bridgehead atoms. The maximum absolute atomic E-state index is 12.9. The molecule has 1 fully saturated rings. The van der Waals surface area contributed by atoms with Gasteiger partial charge in [-0.3, -0.25) is 9.59 Å². The number of nitrogens with zero attached hydrogens (tertiary/aromatic N) is 1. The minimum Gasteiger partial charge on any atom is -0.481 e. The molecule has 2 aromatic carbocycles. The van der Waals surface area contributed by atoms with E-state index >= 15 is 0 Å². The second kappa shape index (κ2) is 9.65. The SMILES string of the molecule is CC(CNC(=O)OCC1c2ccccc2-c2ccccc21)C(=O)N1CCC[C@@H](C(=O)O)[C@H]1C. The maximum Gasteiger partial charge on any atom is 0.407 e. The molecule has 7 nitrogen and oxygen atoms in total. The van der Waals surface area contributed by atoms with Crippen molar-refractivity contribution in [1.82, 2.24) is 10.2 Å². The van der Waals surface area contributed by atoms with Gasteiger partial charge in [0.25, 0.3) is 0 Å². The predicted octanol–water partition coefficient (Wildman–Crippen LogP) is 3.87. The van der Waals surface area contributed by atoms with E-state index in [0.717, 1.165) is 22.3 Å². The number of piperidine rings is 1. The summed E-state index contributed by atoms with van der Waals surface area (Å²) >= 11 is 0. The van der Waals surface area contributed by atoms with Crippen LogP contribution in [0.15, 0.2) is 48.5 Å². The van der Waals surface area contributed by atoms with Gasteiger partial charge in [0, 0.05) is 25.0 Å². The van der Waals surface area contributed by atoms with Crippen molar-refractivity contribution in [2.45, 2.75) is 38.6 Å². The van der Waals surface area contributed by atoms with Crippen LogP contribution in [0.25, 0.3) is 11.1 Å². The molecule has 0 aromatic heterocycles. The number of aliphatic carboxylic acids is 1. The molecule has 0 spiro atoms. The molecule has 4 rings (SSSR count). The minimum absolute atomic E-state index is 0.0237.